The van der Waals surface area contributed by atoms with Crippen molar-refractivity contribution in [2.45, 2.75) is 45.1 Å². The second-order valence-electron chi connectivity index (χ2n) is 5.96. The summed E-state index contributed by atoms with van der Waals surface area (Å²) in [6.45, 7) is 4.75. The number of nitrogens with zero attached hydrogens (tertiary/aromatic N) is 2. The van der Waals surface area contributed by atoms with Crippen LogP contribution >= 0.6 is 0 Å². The highest BCUT2D eigenvalue weighted by Crippen LogP contribution is 2.45. The third-order valence-electron chi connectivity index (χ3n) is 4.97. The molecule has 3 rings (SSSR count). The number of rotatable bonds is 1. The molecule has 2 saturated carbocycles. The van der Waals surface area contributed by atoms with Gasteiger partial charge in [-0.05, 0) is 57.0 Å². The summed E-state index contributed by atoms with van der Waals surface area (Å²) in [4.78, 5) is 2.58. The first-order valence-corrected chi connectivity index (χ1v) is 6.75. The molecule has 3 nitrogen and oxygen atoms in total. The summed E-state index contributed by atoms with van der Waals surface area (Å²) >= 11 is 0. The van der Waals surface area contributed by atoms with Crippen molar-refractivity contribution in [1.82, 2.24) is 4.90 Å². The zero-order valence-corrected chi connectivity index (χ0v) is 10.1. The van der Waals surface area contributed by atoms with E-state index in [1.807, 2.05) is 0 Å². The monoisotopic (exact) mass is 222 g/mol. The fourth-order valence-corrected chi connectivity index (χ4v) is 3.99. The molecular formula is C13H22N2O. The van der Waals surface area contributed by atoms with Gasteiger partial charge in [0.15, 0.2) is 0 Å². The van der Waals surface area contributed by atoms with Crippen LogP contribution in [-0.4, -0.2) is 35.0 Å². The lowest BCUT2D eigenvalue weighted by atomic mass is 9.89. The summed E-state index contributed by atoms with van der Waals surface area (Å²) < 4.78 is 0. The highest BCUT2D eigenvalue weighted by molar-refractivity contribution is 5.94. The van der Waals surface area contributed by atoms with E-state index in [-0.39, 0.29) is 0 Å². The molecule has 0 aromatic heterocycles. The molecule has 90 valence electrons. The van der Waals surface area contributed by atoms with Crippen molar-refractivity contribution >= 4 is 5.71 Å². The van der Waals surface area contributed by atoms with E-state index in [0.29, 0.717) is 12.0 Å². The Morgan fingerprint density at radius 2 is 1.94 bits per heavy atom. The van der Waals surface area contributed by atoms with Gasteiger partial charge in [-0.25, -0.2) is 0 Å². The molecule has 1 N–H and O–H groups in total. The molecule has 1 saturated heterocycles. The average Bonchev–Trinajstić information content (AvgIpc) is 2.89. The van der Waals surface area contributed by atoms with Crippen molar-refractivity contribution in [3.63, 3.8) is 0 Å². The lowest BCUT2D eigenvalue weighted by Gasteiger charge is -2.38. The maximum absolute atomic E-state index is 9.20. The second-order valence-corrected chi connectivity index (χ2v) is 5.96. The molecular weight excluding hydrogens is 200 g/mol. The van der Waals surface area contributed by atoms with Gasteiger partial charge in [0, 0.05) is 5.92 Å². The summed E-state index contributed by atoms with van der Waals surface area (Å²) in [5.74, 6) is 2.26. The van der Waals surface area contributed by atoms with E-state index >= 15 is 0 Å². The van der Waals surface area contributed by atoms with E-state index in [1.165, 1.54) is 45.2 Å². The minimum atomic E-state index is 0.483. The van der Waals surface area contributed by atoms with Gasteiger partial charge in [-0.3, -0.25) is 4.90 Å². The Kier molecular flexibility index (Phi) is 2.66. The molecule has 3 aliphatic rings. The smallest absolute Gasteiger partial charge is 0.0775 e. The Bertz CT molecular complexity index is 294. The van der Waals surface area contributed by atoms with Gasteiger partial charge in [0.2, 0.25) is 0 Å². The van der Waals surface area contributed by atoms with E-state index < -0.39 is 0 Å². The van der Waals surface area contributed by atoms with Crippen LogP contribution in [0.15, 0.2) is 5.16 Å². The molecule has 1 heterocycles. The molecule has 0 amide bonds. The minimum Gasteiger partial charge on any atom is -0.411 e. The normalized spacial score (nSPS) is 43.3. The van der Waals surface area contributed by atoms with Crippen LogP contribution in [0.2, 0.25) is 0 Å². The quantitative estimate of drug-likeness (QED) is 0.546. The van der Waals surface area contributed by atoms with E-state index in [1.54, 1.807) is 0 Å². The van der Waals surface area contributed by atoms with Crippen LogP contribution < -0.4 is 0 Å². The molecule has 0 spiro atoms. The zero-order valence-electron chi connectivity index (χ0n) is 10.1. The molecule has 16 heavy (non-hydrogen) atoms. The fourth-order valence-electron chi connectivity index (χ4n) is 3.99. The first-order valence-electron chi connectivity index (χ1n) is 6.75. The van der Waals surface area contributed by atoms with Crippen LogP contribution in [0.4, 0.5) is 0 Å². The summed E-state index contributed by atoms with van der Waals surface area (Å²) in [7, 11) is 0. The topological polar surface area (TPSA) is 35.8 Å². The van der Waals surface area contributed by atoms with Gasteiger partial charge in [-0.2, -0.15) is 0 Å². The second kappa shape index (κ2) is 4.02. The summed E-state index contributed by atoms with van der Waals surface area (Å²) in [5, 5.41) is 12.8. The van der Waals surface area contributed by atoms with Gasteiger partial charge < -0.3 is 5.21 Å². The molecule has 2 aliphatic carbocycles. The van der Waals surface area contributed by atoms with Crippen LogP contribution in [0.3, 0.4) is 0 Å². The molecule has 2 bridgehead atoms. The van der Waals surface area contributed by atoms with Crippen LogP contribution in [0.25, 0.3) is 0 Å². The Morgan fingerprint density at radius 1 is 1.19 bits per heavy atom. The van der Waals surface area contributed by atoms with Crippen molar-refractivity contribution in [2.75, 3.05) is 13.1 Å². The van der Waals surface area contributed by atoms with E-state index in [4.69, 9.17) is 0 Å². The van der Waals surface area contributed by atoms with Gasteiger partial charge >= 0.3 is 0 Å². The first kappa shape index (κ1) is 10.6. The Morgan fingerprint density at radius 3 is 2.62 bits per heavy atom. The van der Waals surface area contributed by atoms with E-state index in [2.05, 4.69) is 17.0 Å². The fraction of sp³-hybridized carbons (Fsp3) is 0.923. The van der Waals surface area contributed by atoms with E-state index in [0.717, 1.165) is 17.5 Å². The molecule has 3 heteroatoms. The molecule has 0 aromatic rings. The molecule has 3 fully saturated rings. The maximum atomic E-state index is 9.20. The highest BCUT2D eigenvalue weighted by Gasteiger charge is 2.48. The van der Waals surface area contributed by atoms with Crippen molar-refractivity contribution in [3.05, 3.63) is 0 Å². The average molecular weight is 222 g/mol. The van der Waals surface area contributed by atoms with Crippen LogP contribution in [-0.2, 0) is 0 Å². The Hall–Kier alpha value is -0.570. The molecule has 3 unspecified atom stereocenters. The number of hydrogen-bond acceptors (Lipinski definition) is 3. The summed E-state index contributed by atoms with van der Waals surface area (Å²) in [5.41, 5.74) is 1.10. The van der Waals surface area contributed by atoms with Gasteiger partial charge in [0.25, 0.3) is 0 Å². The summed E-state index contributed by atoms with van der Waals surface area (Å²) in [6, 6.07) is 0.483. The molecule has 0 aromatic carbocycles. The number of piperidine rings is 1. The lowest BCUT2D eigenvalue weighted by Crippen LogP contribution is -2.48. The number of hydrogen-bond donors (Lipinski definition) is 1. The van der Waals surface area contributed by atoms with Crippen LogP contribution in [0, 0.1) is 17.8 Å². The summed E-state index contributed by atoms with van der Waals surface area (Å²) in [6.07, 6.45) is 6.50. The predicted octanol–water partition coefficient (Wildman–Crippen LogP) is 2.35. The van der Waals surface area contributed by atoms with Crippen molar-refractivity contribution in [2.24, 2.45) is 22.9 Å². The largest absolute Gasteiger partial charge is 0.411 e. The van der Waals surface area contributed by atoms with Crippen molar-refractivity contribution in [3.8, 4) is 0 Å². The third-order valence-corrected chi connectivity index (χ3v) is 4.97. The first-order chi connectivity index (χ1) is 7.79. The SMILES string of the molecule is CC1CCN(C2C(=NO)C3CCC2C3)CC1. The van der Waals surface area contributed by atoms with Gasteiger partial charge in [0.1, 0.15) is 0 Å². The number of likely N-dealkylation sites (tertiary alicyclic amines) is 1. The van der Waals surface area contributed by atoms with Gasteiger partial charge in [-0.1, -0.05) is 12.1 Å². The Labute approximate surface area is 97.5 Å². The zero-order chi connectivity index (χ0) is 11.1. The Balaban J connectivity index is 1.74. The maximum Gasteiger partial charge on any atom is 0.0775 e. The van der Waals surface area contributed by atoms with Crippen molar-refractivity contribution < 1.29 is 5.21 Å². The van der Waals surface area contributed by atoms with Crippen molar-refractivity contribution in [1.29, 1.82) is 0 Å². The van der Waals surface area contributed by atoms with Gasteiger partial charge in [-0.15, -0.1) is 0 Å². The number of fused-ring (bicyclic) bond motifs is 2. The highest BCUT2D eigenvalue weighted by atomic mass is 16.4. The third kappa shape index (κ3) is 1.56. The molecule has 3 atom stereocenters. The molecule has 1 aliphatic heterocycles. The molecule has 0 radical (unpaired) electrons. The standard InChI is InChI=1S/C13H22N2O/c1-9-4-6-15(7-5-9)13-11-3-2-10(8-11)12(13)14-16/h9-11,13,16H,2-8H2,1H3. The predicted molar refractivity (Wildman–Crippen MR) is 63.8 cm³/mol. The van der Waals surface area contributed by atoms with Crippen LogP contribution in [0.5, 0.6) is 0 Å². The minimum absolute atomic E-state index is 0.483. The van der Waals surface area contributed by atoms with Gasteiger partial charge in [0.05, 0.1) is 11.8 Å². The van der Waals surface area contributed by atoms with Crippen LogP contribution in [0.1, 0.15) is 39.0 Å². The van der Waals surface area contributed by atoms with E-state index in [9.17, 15) is 5.21 Å². The number of oxime groups is 1. The lowest BCUT2D eigenvalue weighted by molar-refractivity contribution is 0.138.